The summed E-state index contributed by atoms with van der Waals surface area (Å²) in [6.07, 6.45) is 4.58. The number of nitrogens with one attached hydrogen (secondary N) is 3. The summed E-state index contributed by atoms with van der Waals surface area (Å²) in [6.45, 7) is 10.4. The molecule has 4 aromatic rings. The van der Waals surface area contributed by atoms with E-state index in [0.717, 1.165) is 83.2 Å². The van der Waals surface area contributed by atoms with Crippen molar-refractivity contribution >= 4 is 23.9 Å². The molecule has 0 unspecified atom stereocenters. The second-order valence-electron chi connectivity index (χ2n) is 16.6. The van der Waals surface area contributed by atoms with Gasteiger partial charge in [-0.2, -0.15) is 0 Å². The normalized spacial score (nSPS) is 19.1. The maximum atomic E-state index is 13.8. The van der Waals surface area contributed by atoms with E-state index in [-0.39, 0.29) is 48.1 Å². The number of carbonyl (C=O) groups is 4. The number of benzene rings is 2. The smallest absolute Gasteiger partial charge is 0.407 e. The number of rotatable bonds is 11. The first-order valence-electron chi connectivity index (χ1n) is 20.4. The topological polar surface area (TPSA) is 166 Å². The summed E-state index contributed by atoms with van der Waals surface area (Å²) in [7, 11) is 4.76. The van der Waals surface area contributed by atoms with E-state index < -0.39 is 18.1 Å². The van der Waals surface area contributed by atoms with Crippen molar-refractivity contribution in [2.75, 3.05) is 34.4 Å². The van der Waals surface area contributed by atoms with Crippen LogP contribution in [0.4, 0.5) is 4.79 Å². The highest BCUT2D eigenvalue weighted by molar-refractivity contribution is 5.87. The van der Waals surface area contributed by atoms with Gasteiger partial charge in [0, 0.05) is 31.7 Å². The van der Waals surface area contributed by atoms with E-state index in [2.05, 4.69) is 69.7 Å². The molecule has 14 nitrogen and oxygen atoms in total. The molecule has 14 heteroatoms. The van der Waals surface area contributed by atoms with E-state index in [9.17, 15) is 19.2 Å². The fraction of sp³-hybridized carbons (Fsp3) is 0.500. The average Bonchev–Trinajstić information content (AvgIpc) is 4.04. The Morgan fingerprint density at radius 2 is 1.47 bits per heavy atom. The zero-order chi connectivity index (χ0) is 41.2. The molecule has 0 saturated carbocycles. The third-order valence-corrected chi connectivity index (χ3v) is 12.0. The van der Waals surface area contributed by atoms with Crippen LogP contribution in [0.1, 0.15) is 94.8 Å². The lowest BCUT2D eigenvalue weighted by Gasteiger charge is -2.30. The third-order valence-electron chi connectivity index (χ3n) is 12.0. The SMILES string of the molecule is COC(=O)C[C@H](C(=O)N1CCC[C@H]1c1nc2c([nH]1)CN(C)Cc1cc(-c3ccc(-c4cnc([C@@H]5CCCN5C(=O)[C@@H](NC(=O)OC)C(C)C)[nH]4)cc3)ccc1-2)C(C)C. The van der Waals surface area contributed by atoms with Gasteiger partial charge in [-0.15, -0.1) is 0 Å². The van der Waals surface area contributed by atoms with Crippen LogP contribution in [0.15, 0.2) is 48.7 Å². The second kappa shape index (κ2) is 17.2. The number of aromatic amines is 2. The number of carbonyl (C=O) groups excluding carboxylic acids is 4. The van der Waals surface area contributed by atoms with Gasteiger partial charge < -0.3 is 34.6 Å². The Morgan fingerprint density at radius 3 is 2.12 bits per heavy atom. The van der Waals surface area contributed by atoms with Gasteiger partial charge in [0.25, 0.3) is 0 Å². The van der Waals surface area contributed by atoms with Gasteiger partial charge in [-0.1, -0.05) is 64.1 Å². The molecule has 0 aliphatic carbocycles. The number of amides is 3. The number of ether oxygens (including phenoxy) is 2. The quantitative estimate of drug-likeness (QED) is 0.142. The Morgan fingerprint density at radius 1 is 0.810 bits per heavy atom. The number of fused-ring (bicyclic) bond motifs is 3. The number of nitrogens with zero attached hydrogens (tertiary/aromatic N) is 5. The molecule has 2 aromatic heterocycles. The molecule has 2 fully saturated rings. The molecule has 3 aliphatic heterocycles. The van der Waals surface area contributed by atoms with Crippen LogP contribution in [-0.4, -0.2) is 98.9 Å². The second-order valence-corrected chi connectivity index (χ2v) is 16.6. The summed E-state index contributed by atoms with van der Waals surface area (Å²) in [4.78, 5) is 74.6. The van der Waals surface area contributed by atoms with Gasteiger partial charge in [-0.25, -0.2) is 14.8 Å². The summed E-state index contributed by atoms with van der Waals surface area (Å²) in [5.74, 6) is 0.444. The molecule has 0 radical (unpaired) electrons. The van der Waals surface area contributed by atoms with Gasteiger partial charge in [0.15, 0.2) is 0 Å². The Bertz CT molecular complexity index is 2140. The van der Waals surface area contributed by atoms with E-state index in [1.165, 1.54) is 19.8 Å². The van der Waals surface area contributed by atoms with Gasteiger partial charge in [-0.3, -0.25) is 19.3 Å². The lowest BCUT2D eigenvalue weighted by atomic mass is 9.90. The summed E-state index contributed by atoms with van der Waals surface area (Å²) in [5.41, 5.74) is 8.23. The number of hydrogen-bond acceptors (Lipinski definition) is 9. The zero-order valence-electron chi connectivity index (χ0n) is 34.6. The number of hydrogen-bond donors (Lipinski definition) is 3. The van der Waals surface area contributed by atoms with Gasteiger partial charge in [-0.05, 0) is 72.9 Å². The maximum absolute atomic E-state index is 13.8. The van der Waals surface area contributed by atoms with Crippen LogP contribution >= 0.6 is 0 Å². The largest absolute Gasteiger partial charge is 0.469 e. The summed E-state index contributed by atoms with van der Waals surface area (Å²) in [5, 5.41) is 2.71. The highest BCUT2D eigenvalue weighted by atomic mass is 16.5. The third kappa shape index (κ3) is 8.25. The molecule has 308 valence electrons. The Kier molecular flexibility index (Phi) is 12.0. The average molecular weight is 793 g/mol. The number of likely N-dealkylation sites (tertiary alicyclic amines) is 2. The van der Waals surface area contributed by atoms with Crippen LogP contribution in [-0.2, 0) is 36.9 Å². The van der Waals surface area contributed by atoms with Crippen molar-refractivity contribution < 1.29 is 28.7 Å². The minimum atomic E-state index is -0.689. The van der Waals surface area contributed by atoms with Gasteiger partial charge >= 0.3 is 12.1 Å². The first kappa shape index (κ1) is 40.7. The first-order chi connectivity index (χ1) is 27.9. The highest BCUT2D eigenvalue weighted by Crippen LogP contribution is 2.39. The van der Waals surface area contributed by atoms with E-state index in [0.29, 0.717) is 19.6 Å². The van der Waals surface area contributed by atoms with Crippen LogP contribution in [0, 0.1) is 17.8 Å². The van der Waals surface area contributed by atoms with E-state index in [1.54, 1.807) is 0 Å². The van der Waals surface area contributed by atoms with Crippen molar-refractivity contribution in [3.8, 4) is 33.6 Å². The minimum Gasteiger partial charge on any atom is -0.469 e. The number of H-pyrrole nitrogens is 2. The van der Waals surface area contributed by atoms with E-state index in [1.807, 2.05) is 43.7 Å². The fourth-order valence-electron chi connectivity index (χ4n) is 8.76. The van der Waals surface area contributed by atoms with Crippen LogP contribution < -0.4 is 5.32 Å². The van der Waals surface area contributed by atoms with Gasteiger partial charge in [0.1, 0.15) is 17.7 Å². The molecule has 2 aromatic carbocycles. The van der Waals surface area contributed by atoms with Crippen LogP contribution in [0.25, 0.3) is 33.6 Å². The Labute approximate surface area is 340 Å². The molecular weight excluding hydrogens is 737 g/mol. The van der Waals surface area contributed by atoms with Crippen LogP contribution in [0.2, 0.25) is 0 Å². The lowest BCUT2D eigenvalue weighted by Crippen LogP contribution is -2.51. The minimum absolute atomic E-state index is 0.0000883. The zero-order valence-corrected chi connectivity index (χ0v) is 34.6. The number of alkyl carbamates (subject to hydrolysis) is 1. The summed E-state index contributed by atoms with van der Waals surface area (Å²) >= 11 is 0. The Hall–Kier alpha value is -5.50. The number of esters is 1. The van der Waals surface area contributed by atoms with Crippen LogP contribution in [0.5, 0.6) is 0 Å². The van der Waals surface area contributed by atoms with Crippen molar-refractivity contribution in [3.05, 3.63) is 71.6 Å². The van der Waals surface area contributed by atoms with Crippen LogP contribution in [0.3, 0.4) is 0 Å². The molecule has 4 atom stereocenters. The van der Waals surface area contributed by atoms with Crippen molar-refractivity contribution in [2.45, 2.75) is 91.0 Å². The van der Waals surface area contributed by atoms with Crippen molar-refractivity contribution in [2.24, 2.45) is 17.8 Å². The molecule has 2 saturated heterocycles. The van der Waals surface area contributed by atoms with Crippen molar-refractivity contribution in [1.82, 2.24) is 40.0 Å². The summed E-state index contributed by atoms with van der Waals surface area (Å²) in [6, 6.07) is 13.9. The predicted molar refractivity (Wildman–Crippen MR) is 219 cm³/mol. The summed E-state index contributed by atoms with van der Waals surface area (Å²) < 4.78 is 9.69. The predicted octanol–water partition coefficient (Wildman–Crippen LogP) is 6.62. The molecule has 3 aliphatic rings. The van der Waals surface area contributed by atoms with E-state index in [4.69, 9.17) is 19.4 Å². The monoisotopic (exact) mass is 792 g/mol. The molecule has 3 N–H and O–H groups in total. The highest BCUT2D eigenvalue weighted by Gasteiger charge is 2.39. The molecular formula is C44H56N8O6. The molecule has 3 amide bonds. The number of methoxy groups -OCH3 is 2. The number of imidazole rings is 2. The first-order valence-corrected chi connectivity index (χ1v) is 20.4. The fourth-order valence-corrected chi connectivity index (χ4v) is 8.76. The number of aromatic nitrogens is 4. The molecule has 58 heavy (non-hydrogen) atoms. The molecule has 0 spiro atoms. The lowest BCUT2D eigenvalue weighted by molar-refractivity contribution is -0.148. The van der Waals surface area contributed by atoms with E-state index >= 15 is 0 Å². The van der Waals surface area contributed by atoms with Gasteiger partial charge in [0.05, 0.1) is 61.9 Å². The molecule has 7 rings (SSSR count). The Balaban J connectivity index is 1.08. The van der Waals surface area contributed by atoms with Crippen molar-refractivity contribution in [3.63, 3.8) is 0 Å². The molecule has 5 heterocycles. The maximum Gasteiger partial charge on any atom is 0.407 e. The van der Waals surface area contributed by atoms with Crippen molar-refractivity contribution in [1.29, 1.82) is 0 Å². The molecule has 0 bridgehead atoms. The van der Waals surface area contributed by atoms with Gasteiger partial charge in [0.2, 0.25) is 11.8 Å². The standard InChI is InChI=1S/C44H56N8O6/c1-25(2)32(21-37(53)57-6)42(54)51-18-9-11-36(51)41-47-34-24-50(5)23-30-20-29(16-17-31(30)39(34)48-41)27-12-14-28(15-13-27)33-22-45-40(46-33)35-10-8-19-52(35)43(55)38(26(3)4)49-44(56)58-7/h12-17,20,22,25-26,32,35-36,38H,8-11,18-19,21,23-24H2,1-7H3,(H,45,46)(H,47,48)(H,49,56)/t32-,35-,36-,38-/m0/s1.